The molecule has 0 saturated heterocycles. The molecule has 1 N–H and O–H groups in total. The molecule has 1 heterocycles. The van der Waals surface area contributed by atoms with Gasteiger partial charge in [-0.1, -0.05) is 6.08 Å². The third kappa shape index (κ3) is 2.29. The summed E-state index contributed by atoms with van der Waals surface area (Å²) < 4.78 is 4.98. The van der Waals surface area contributed by atoms with Gasteiger partial charge in [-0.25, -0.2) is 9.78 Å². The van der Waals surface area contributed by atoms with Gasteiger partial charge in [0, 0.05) is 6.20 Å². The van der Waals surface area contributed by atoms with Crippen molar-refractivity contribution in [3.8, 4) is 6.01 Å². The topological polar surface area (TPSA) is 72.3 Å². The Balaban J connectivity index is 2.94. The predicted octanol–water partition coefficient (Wildman–Crippen LogP) is 1.40. The van der Waals surface area contributed by atoms with Crippen molar-refractivity contribution in [3.05, 3.63) is 29.8 Å². The van der Waals surface area contributed by atoms with Crippen LogP contribution < -0.4 is 4.74 Å². The number of hydrogen-bond donors (Lipinski definition) is 1. The van der Waals surface area contributed by atoms with Gasteiger partial charge < -0.3 is 9.84 Å². The molecule has 0 unspecified atom stereocenters. The Morgan fingerprint density at radius 1 is 1.64 bits per heavy atom. The van der Waals surface area contributed by atoms with E-state index in [1.165, 1.54) is 12.5 Å². The van der Waals surface area contributed by atoms with E-state index in [0.29, 0.717) is 5.69 Å². The molecule has 1 rings (SSSR count). The Bertz CT molecular complexity index is 374. The Morgan fingerprint density at radius 2 is 2.36 bits per heavy atom. The van der Waals surface area contributed by atoms with Gasteiger partial charge in [0.2, 0.25) is 0 Å². The van der Waals surface area contributed by atoms with Crippen LogP contribution in [-0.4, -0.2) is 21.0 Å². The van der Waals surface area contributed by atoms with Crippen LogP contribution in [0.3, 0.4) is 0 Å². The monoisotopic (exact) mass is 194 g/mol. The van der Waals surface area contributed by atoms with Gasteiger partial charge in [0.05, 0.1) is 17.5 Å². The van der Waals surface area contributed by atoms with Crippen LogP contribution in [-0.2, 0) is 0 Å². The lowest BCUT2D eigenvalue weighted by Crippen LogP contribution is -2.04. The largest absolute Gasteiger partial charge is 0.478 e. The fraction of sp³-hybridized carbons (Fsp3) is 0.222. The van der Waals surface area contributed by atoms with Crippen LogP contribution in [0.25, 0.3) is 0 Å². The van der Waals surface area contributed by atoms with E-state index in [-0.39, 0.29) is 11.6 Å². The molecule has 0 saturated carbocycles. The lowest BCUT2D eigenvalue weighted by molar-refractivity contribution is 0.0695. The summed E-state index contributed by atoms with van der Waals surface area (Å²) in [4.78, 5) is 18.2. The molecule has 0 aliphatic heterocycles. The maximum Gasteiger partial charge on any atom is 0.339 e. The molecule has 0 fully saturated rings. The van der Waals surface area contributed by atoms with Crippen molar-refractivity contribution in [2.24, 2.45) is 0 Å². The van der Waals surface area contributed by atoms with E-state index in [1.807, 2.05) is 0 Å². The number of rotatable bonds is 3. The molecule has 0 amide bonds. The van der Waals surface area contributed by atoms with Gasteiger partial charge in [0.15, 0.2) is 0 Å². The van der Waals surface area contributed by atoms with E-state index in [2.05, 4.69) is 9.97 Å². The Kier molecular flexibility index (Phi) is 3.17. The average Bonchev–Trinajstić information content (AvgIpc) is 2.14. The molecular weight excluding hydrogens is 184 g/mol. The summed E-state index contributed by atoms with van der Waals surface area (Å²) in [5.41, 5.74) is 0.463. The summed E-state index contributed by atoms with van der Waals surface area (Å²) >= 11 is 0. The Morgan fingerprint density at radius 3 is 2.86 bits per heavy atom. The average molecular weight is 194 g/mol. The van der Waals surface area contributed by atoms with E-state index in [4.69, 9.17) is 9.84 Å². The second-order valence-corrected chi connectivity index (χ2v) is 2.54. The zero-order chi connectivity index (χ0) is 10.6. The van der Waals surface area contributed by atoms with E-state index < -0.39 is 5.97 Å². The van der Waals surface area contributed by atoms with Crippen LogP contribution in [0.2, 0.25) is 0 Å². The second-order valence-electron chi connectivity index (χ2n) is 2.54. The fourth-order valence-electron chi connectivity index (χ4n) is 0.841. The molecule has 0 atom stereocenters. The van der Waals surface area contributed by atoms with Crippen molar-refractivity contribution in [1.29, 1.82) is 0 Å². The zero-order valence-corrected chi connectivity index (χ0v) is 7.89. The number of aromatic nitrogens is 2. The number of allylic oxidation sites excluding steroid dienone is 1. The minimum absolute atomic E-state index is 0.0813. The molecule has 1 aromatic rings. The predicted molar refractivity (Wildman–Crippen MR) is 49.2 cm³/mol. The lowest BCUT2D eigenvalue weighted by atomic mass is 10.2. The highest BCUT2D eigenvalue weighted by Crippen LogP contribution is 2.08. The number of aromatic carboxylic acids is 1. The Hall–Kier alpha value is -1.91. The summed E-state index contributed by atoms with van der Waals surface area (Å²) in [7, 11) is 0. The van der Waals surface area contributed by atoms with Gasteiger partial charge in [0.1, 0.15) is 0 Å². The minimum Gasteiger partial charge on any atom is -0.478 e. The highest BCUT2D eigenvalue weighted by molar-refractivity contribution is 5.88. The van der Waals surface area contributed by atoms with Crippen molar-refractivity contribution in [2.45, 2.75) is 13.8 Å². The first-order chi connectivity index (χ1) is 6.65. The first-order valence-corrected chi connectivity index (χ1v) is 4.00. The molecule has 14 heavy (non-hydrogen) atoms. The molecule has 1 aromatic heterocycles. The van der Waals surface area contributed by atoms with Gasteiger partial charge in [-0.15, -0.1) is 0 Å². The molecule has 5 nitrogen and oxygen atoms in total. The van der Waals surface area contributed by atoms with Crippen molar-refractivity contribution in [1.82, 2.24) is 9.97 Å². The summed E-state index contributed by atoms with van der Waals surface area (Å²) in [5.74, 6) is -1.04. The highest BCUT2D eigenvalue weighted by Gasteiger charge is 2.09. The number of nitrogens with zero attached hydrogens (tertiary/aromatic N) is 2. The van der Waals surface area contributed by atoms with E-state index in [1.54, 1.807) is 19.9 Å². The number of aryl methyl sites for hydroxylation is 1. The van der Waals surface area contributed by atoms with Gasteiger partial charge in [-0.2, -0.15) is 4.98 Å². The van der Waals surface area contributed by atoms with Gasteiger partial charge in [-0.05, 0) is 13.8 Å². The highest BCUT2D eigenvalue weighted by atomic mass is 16.5. The van der Waals surface area contributed by atoms with E-state index >= 15 is 0 Å². The summed E-state index contributed by atoms with van der Waals surface area (Å²) in [6, 6.07) is 0.144. The standard InChI is InChI=1S/C9H10N2O3/c1-3-4-14-9-10-5-7(8(12)13)6(2)11-9/h3-5H,1-2H3,(H,12,13). The molecule has 0 bridgehead atoms. The normalized spacial score (nSPS) is 10.4. The Labute approximate surface area is 81.1 Å². The maximum absolute atomic E-state index is 10.6. The number of ether oxygens (including phenoxy) is 1. The molecule has 0 aliphatic carbocycles. The quantitative estimate of drug-likeness (QED) is 0.736. The van der Waals surface area contributed by atoms with Gasteiger partial charge in [-0.3, -0.25) is 0 Å². The van der Waals surface area contributed by atoms with Crippen LogP contribution in [0.1, 0.15) is 23.0 Å². The molecule has 0 radical (unpaired) electrons. The number of carboxylic acid groups (broad SMARTS) is 1. The van der Waals surface area contributed by atoms with E-state index in [9.17, 15) is 4.79 Å². The molecule has 0 aromatic carbocycles. The van der Waals surface area contributed by atoms with Crippen molar-refractivity contribution >= 4 is 5.97 Å². The van der Waals surface area contributed by atoms with Crippen LogP contribution in [0.15, 0.2) is 18.5 Å². The number of hydrogen-bond acceptors (Lipinski definition) is 4. The molecule has 0 spiro atoms. The molecular formula is C9H10N2O3. The van der Waals surface area contributed by atoms with Crippen molar-refractivity contribution in [2.75, 3.05) is 0 Å². The van der Waals surface area contributed by atoms with E-state index in [0.717, 1.165) is 0 Å². The van der Waals surface area contributed by atoms with Crippen LogP contribution >= 0.6 is 0 Å². The minimum atomic E-state index is -1.04. The smallest absolute Gasteiger partial charge is 0.339 e. The number of carboxylic acids is 1. The SMILES string of the molecule is CC=COc1ncc(C(=O)O)c(C)n1. The van der Waals surface area contributed by atoms with Crippen LogP contribution in [0.4, 0.5) is 0 Å². The summed E-state index contributed by atoms with van der Waals surface area (Å²) in [6.07, 6.45) is 4.34. The third-order valence-electron chi connectivity index (χ3n) is 1.50. The molecule has 0 aliphatic rings. The van der Waals surface area contributed by atoms with Gasteiger partial charge in [0.25, 0.3) is 0 Å². The van der Waals surface area contributed by atoms with Crippen molar-refractivity contribution in [3.63, 3.8) is 0 Å². The first kappa shape index (κ1) is 10.2. The molecule has 5 heteroatoms. The summed E-state index contributed by atoms with van der Waals surface area (Å²) in [6.45, 7) is 3.38. The van der Waals surface area contributed by atoms with Crippen LogP contribution in [0.5, 0.6) is 6.01 Å². The first-order valence-electron chi connectivity index (χ1n) is 4.00. The zero-order valence-electron chi connectivity index (χ0n) is 7.89. The summed E-state index contributed by atoms with van der Waals surface area (Å²) in [5, 5.41) is 8.70. The second kappa shape index (κ2) is 4.36. The lowest BCUT2D eigenvalue weighted by Gasteiger charge is -2.01. The third-order valence-corrected chi connectivity index (χ3v) is 1.50. The maximum atomic E-state index is 10.6. The fourth-order valence-corrected chi connectivity index (χ4v) is 0.841. The number of carbonyl (C=O) groups is 1. The van der Waals surface area contributed by atoms with Crippen molar-refractivity contribution < 1.29 is 14.6 Å². The van der Waals surface area contributed by atoms with Crippen LogP contribution in [0, 0.1) is 6.92 Å². The molecule has 74 valence electrons. The van der Waals surface area contributed by atoms with Gasteiger partial charge >= 0.3 is 12.0 Å².